The van der Waals surface area contributed by atoms with Gasteiger partial charge < -0.3 is 9.47 Å². The fourth-order valence-corrected chi connectivity index (χ4v) is 0.227. The fourth-order valence-electron chi connectivity index (χ4n) is 0.227. The summed E-state index contributed by atoms with van der Waals surface area (Å²) < 4.78 is 8.95. The third kappa shape index (κ3) is 10.4. The Morgan fingerprint density at radius 3 is 2.20 bits per heavy atom. The van der Waals surface area contributed by atoms with Crippen LogP contribution in [-0.2, 0) is 14.3 Å². The lowest BCUT2D eigenvalue weighted by Crippen LogP contribution is -2.04. The van der Waals surface area contributed by atoms with E-state index in [2.05, 4.69) is 9.47 Å². The minimum Gasteiger partial charge on any atom is -0.438 e. The lowest BCUT2D eigenvalue weighted by molar-refractivity contribution is -0.153. The molecule has 0 aromatic rings. The number of ether oxygens (including phenoxy) is 2. The minimum absolute atomic E-state index is 0.0622. The van der Waals surface area contributed by atoms with E-state index in [1.807, 2.05) is 13.8 Å². The Morgan fingerprint density at radius 2 is 1.90 bits per heavy atom. The zero-order chi connectivity index (χ0) is 8.41. The smallest absolute Gasteiger partial charge is 0.307 e. The van der Waals surface area contributed by atoms with Crippen molar-refractivity contribution < 1.29 is 14.3 Å². The quantitative estimate of drug-likeness (QED) is 0.450. The fraction of sp³-hybridized carbons (Fsp3) is 0.857. The van der Waals surface area contributed by atoms with E-state index in [0.717, 1.165) is 0 Å². The van der Waals surface area contributed by atoms with Gasteiger partial charge in [0.2, 0.25) is 0 Å². The SMILES string of the molecule is CC.CCC(=O)OCOC. The number of hydrogen-bond donors (Lipinski definition) is 0. The summed E-state index contributed by atoms with van der Waals surface area (Å²) in [7, 11) is 1.48. The van der Waals surface area contributed by atoms with Crippen molar-refractivity contribution in [3.63, 3.8) is 0 Å². The molecule has 0 unspecified atom stereocenters. The van der Waals surface area contributed by atoms with Crippen molar-refractivity contribution in [2.24, 2.45) is 0 Å². The first kappa shape index (κ1) is 12.1. The van der Waals surface area contributed by atoms with Crippen LogP contribution < -0.4 is 0 Å². The summed E-state index contributed by atoms with van der Waals surface area (Å²) in [6.45, 7) is 5.80. The standard InChI is InChI=1S/C5H10O3.C2H6/c1-3-5(6)8-4-7-2;1-2/h3-4H2,1-2H3;1-2H3. The minimum atomic E-state index is -0.230. The molecule has 0 saturated carbocycles. The average Bonchev–Trinajstić information content (AvgIpc) is 2.04. The van der Waals surface area contributed by atoms with E-state index in [4.69, 9.17) is 0 Å². The summed E-state index contributed by atoms with van der Waals surface area (Å²) in [4.78, 5) is 10.3. The van der Waals surface area contributed by atoms with Gasteiger partial charge in [-0.1, -0.05) is 20.8 Å². The van der Waals surface area contributed by atoms with Gasteiger partial charge in [-0.05, 0) is 0 Å². The van der Waals surface area contributed by atoms with Gasteiger partial charge in [0.1, 0.15) is 0 Å². The zero-order valence-electron chi connectivity index (χ0n) is 7.14. The van der Waals surface area contributed by atoms with Crippen molar-refractivity contribution in [2.45, 2.75) is 27.2 Å². The molecule has 0 aliphatic rings. The molecule has 0 N–H and O–H groups in total. The summed E-state index contributed by atoms with van der Waals surface area (Å²) >= 11 is 0. The molecule has 0 rings (SSSR count). The van der Waals surface area contributed by atoms with Crippen LogP contribution in [0.1, 0.15) is 27.2 Å². The lowest BCUT2D eigenvalue weighted by atomic mass is 10.5. The molecule has 0 heterocycles. The van der Waals surface area contributed by atoms with Gasteiger partial charge in [-0.15, -0.1) is 0 Å². The Morgan fingerprint density at radius 1 is 1.40 bits per heavy atom. The van der Waals surface area contributed by atoms with Crippen LogP contribution in [0.2, 0.25) is 0 Å². The lowest BCUT2D eigenvalue weighted by Gasteiger charge is -1.97. The van der Waals surface area contributed by atoms with E-state index in [9.17, 15) is 4.79 Å². The number of hydrogen-bond acceptors (Lipinski definition) is 3. The van der Waals surface area contributed by atoms with E-state index >= 15 is 0 Å². The highest BCUT2D eigenvalue weighted by molar-refractivity contribution is 5.68. The van der Waals surface area contributed by atoms with Crippen molar-refractivity contribution in [1.29, 1.82) is 0 Å². The van der Waals surface area contributed by atoms with Crippen LogP contribution in [-0.4, -0.2) is 19.9 Å². The van der Waals surface area contributed by atoms with Gasteiger partial charge in [0.25, 0.3) is 0 Å². The molecule has 62 valence electrons. The Labute approximate surface area is 62.3 Å². The van der Waals surface area contributed by atoms with Crippen molar-refractivity contribution in [1.82, 2.24) is 0 Å². The van der Waals surface area contributed by atoms with Crippen LogP contribution in [0.5, 0.6) is 0 Å². The van der Waals surface area contributed by atoms with Crippen LogP contribution in [0.25, 0.3) is 0 Å². The van der Waals surface area contributed by atoms with Crippen molar-refractivity contribution in [3.8, 4) is 0 Å². The Kier molecular flexibility index (Phi) is 13.7. The van der Waals surface area contributed by atoms with E-state index in [-0.39, 0.29) is 12.8 Å². The molecule has 0 aliphatic heterocycles. The number of carbonyl (C=O) groups excluding carboxylic acids is 1. The van der Waals surface area contributed by atoms with Crippen LogP contribution in [0, 0.1) is 0 Å². The van der Waals surface area contributed by atoms with Crippen molar-refractivity contribution in [2.75, 3.05) is 13.9 Å². The number of rotatable bonds is 3. The third-order valence-electron chi connectivity index (χ3n) is 0.626. The van der Waals surface area contributed by atoms with E-state index in [1.54, 1.807) is 6.92 Å². The Hall–Kier alpha value is -0.570. The van der Waals surface area contributed by atoms with Gasteiger partial charge in [-0.3, -0.25) is 4.79 Å². The van der Waals surface area contributed by atoms with Gasteiger partial charge in [-0.25, -0.2) is 0 Å². The van der Waals surface area contributed by atoms with Gasteiger partial charge in [0.05, 0.1) is 0 Å². The van der Waals surface area contributed by atoms with Gasteiger partial charge in [0, 0.05) is 13.5 Å². The highest BCUT2D eigenvalue weighted by atomic mass is 16.7. The molecule has 0 radical (unpaired) electrons. The maximum Gasteiger partial charge on any atom is 0.307 e. The van der Waals surface area contributed by atoms with Gasteiger partial charge in [-0.2, -0.15) is 0 Å². The van der Waals surface area contributed by atoms with Crippen molar-refractivity contribution in [3.05, 3.63) is 0 Å². The third-order valence-corrected chi connectivity index (χ3v) is 0.626. The Bertz CT molecular complexity index is 71.3. The molecule has 0 atom stereocenters. The maximum atomic E-state index is 10.3. The molecule has 3 heteroatoms. The molecule has 0 aromatic carbocycles. The molecular weight excluding hydrogens is 132 g/mol. The second kappa shape index (κ2) is 11.3. The molecule has 0 aromatic heterocycles. The summed E-state index contributed by atoms with van der Waals surface area (Å²) in [5, 5.41) is 0. The van der Waals surface area contributed by atoms with Crippen molar-refractivity contribution >= 4 is 5.97 Å². The van der Waals surface area contributed by atoms with Gasteiger partial charge in [0.15, 0.2) is 6.79 Å². The number of carbonyl (C=O) groups is 1. The van der Waals surface area contributed by atoms with Crippen LogP contribution in [0.3, 0.4) is 0 Å². The molecule has 0 aliphatic carbocycles. The molecule has 3 nitrogen and oxygen atoms in total. The highest BCUT2D eigenvalue weighted by Crippen LogP contribution is 1.82. The first-order chi connectivity index (χ1) is 4.81. The maximum absolute atomic E-state index is 10.3. The molecule has 0 saturated heterocycles. The topological polar surface area (TPSA) is 35.5 Å². The summed E-state index contributed by atoms with van der Waals surface area (Å²) in [6.07, 6.45) is 0.406. The van der Waals surface area contributed by atoms with Crippen LogP contribution in [0.4, 0.5) is 0 Å². The normalized spacial score (nSPS) is 7.60. The van der Waals surface area contributed by atoms with Crippen LogP contribution >= 0.6 is 0 Å². The monoisotopic (exact) mass is 148 g/mol. The summed E-state index contributed by atoms with van der Waals surface area (Å²) in [6, 6.07) is 0. The second-order valence-electron chi connectivity index (χ2n) is 1.28. The van der Waals surface area contributed by atoms with Gasteiger partial charge >= 0.3 is 5.97 Å². The first-order valence-corrected chi connectivity index (χ1v) is 3.45. The van der Waals surface area contributed by atoms with Crippen LogP contribution in [0.15, 0.2) is 0 Å². The molecular formula is C7H16O3. The van der Waals surface area contributed by atoms with E-state index < -0.39 is 0 Å². The zero-order valence-corrected chi connectivity index (χ0v) is 7.14. The Balaban J connectivity index is 0. The first-order valence-electron chi connectivity index (χ1n) is 3.45. The molecule has 0 fully saturated rings. The largest absolute Gasteiger partial charge is 0.438 e. The summed E-state index contributed by atoms with van der Waals surface area (Å²) in [5.74, 6) is -0.230. The van der Waals surface area contributed by atoms with E-state index in [0.29, 0.717) is 6.42 Å². The molecule has 0 amide bonds. The molecule has 10 heavy (non-hydrogen) atoms. The molecule has 0 spiro atoms. The number of methoxy groups -OCH3 is 1. The summed E-state index contributed by atoms with van der Waals surface area (Å²) in [5.41, 5.74) is 0. The number of esters is 1. The highest BCUT2D eigenvalue weighted by Gasteiger charge is 1.93. The van der Waals surface area contributed by atoms with E-state index in [1.165, 1.54) is 7.11 Å². The predicted octanol–water partition coefficient (Wildman–Crippen LogP) is 1.57. The average molecular weight is 148 g/mol. The second-order valence-corrected chi connectivity index (χ2v) is 1.28. The molecule has 0 bridgehead atoms. The predicted molar refractivity (Wildman–Crippen MR) is 39.6 cm³/mol.